The second kappa shape index (κ2) is 8.56. The zero-order valence-corrected chi connectivity index (χ0v) is 14.8. The summed E-state index contributed by atoms with van der Waals surface area (Å²) < 4.78 is 5.03. The number of piperazine rings is 1. The Hall–Kier alpha value is -2.75. The molecule has 1 aliphatic heterocycles. The average molecular weight is 366 g/mol. The van der Waals surface area contributed by atoms with Crippen molar-refractivity contribution in [2.75, 3.05) is 31.1 Å². The van der Waals surface area contributed by atoms with Crippen molar-refractivity contribution in [3.8, 4) is 0 Å². The first-order valence-electron chi connectivity index (χ1n) is 8.47. The molecule has 1 aliphatic rings. The number of carbonyl (C=O) groups excluding carboxylic acids is 1. The number of nitro groups is 2. The number of esters is 1. The molecular weight excluding hydrogens is 344 g/mol. The first-order valence-corrected chi connectivity index (χ1v) is 8.47. The van der Waals surface area contributed by atoms with Gasteiger partial charge in [-0.25, -0.2) is 4.79 Å². The highest BCUT2D eigenvalue weighted by molar-refractivity contribution is 5.94. The van der Waals surface area contributed by atoms with Crippen molar-refractivity contribution < 1.29 is 19.4 Å². The summed E-state index contributed by atoms with van der Waals surface area (Å²) in [6.07, 6.45) is 1.46. The Morgan fingerprint density at radius 2 is 1.92 bits per heavy atom. The number of hydrogen-bond acceptors (Lipinski definition) is 8. The summed E-state index contributed by atoms with van der Waals surface area (Å²) in [5.74, 6) is -0.801. The van der Waals surface area contributed by atoms with Gasteiger partial charge in [0.15, 0.2) is 5.69 Å². The maximum absolute atomic E-state index is 12.1. The molecular formula is C16H22N4O6. The van der Waals surface area contributed by atoms with Crippen LogP contribution in [0.1, 0.15) is 37.0 Å². The summed E-state index contributed by atoms with van der Waals surface area (Å²) in [7, 11) is 0. The van der Waals surface area contributed by atoms with Gasteiger partial charge in [0.05, 0.1) is 22.0 Å². The molecule has 0 bridgehead atoms. The highest BCUT2D eigenvalue weighted by Crippen LogP contribution is 2.39. The molecule has 2 rings (SSSR count). The Morgan fingerprint density at radius 1 is 1.31 bits per heavy atom. The van der Waals surface area contributed by atoms with E-state index < -0.39 is 27.2 Å². The van der Waals surface area contributed by atoms with E-state index in [0.717, 1.165) is 18.6 Å². The standard InChI is InChI=1S/C16H22N4O6/c1-3-4-7-26-16(21)12-8-13(19(22)23)15(14(9-12)20(24)25)18-6-5-17-11(2)10-18/h8-9,11,17H,3-7,10H2,1-2H3/t11-/m0/s1. The molecule has 10 heteroatoms. The lowest BCUT2D eigenvalue weighted by Gasteiger charge is -2.32. The SMILES string of the molecule is CCCCOC(=O)c1cc([N+](=O)[O-])c(N2CCN[C@@H](C)C2)c([N+](=O)[O-])c1. The Labute approximate surface area is 150 Å². The molecule has 0 aliphatic carbocycles. The van der Waals surface area contributed by atoms with Gasteiger partial charge < -0.3 is 15.0 Å². The molecule has 0 spiro atoms. The first kappa shape index (κ1) is 19.6. The molecule has 0 radical (unpaired) electrons. The lowest BCUT2D eigenvalue weighted by atomic mass is 10.1. The lowest BCUT2D eigenvalue weighted by Crippen LogP contribution is -2.49. The second-order valence-corrected chi connectivity index (χ2v) is 6.17. The Kier molecular flexibility index (Phi) is 6.45. The third kappa shape index (κ3) is 4.45. The van der Waals surface area contributed by atoms with E-state index in [1.807, 2.05) is 13.8 Å². The van der Waals surface area contributed by atoms with Gasteiger partial charge in [0.2, 0.25) is 0 Å². The van der Waals surface area contributed by atoms with Gasteiger partial charge in [0, 0.05) is 37.8 Å². The van der Waals surface area contributed by atoms with Gasteiger partial charge in [-0.05, 0) is 13.3 Å². The Bertz CT molecular complexity index is 673. The van der Waals surface area contributed by atoms with Gasteiger partial charge in [0.1, 0.15) is 0 Å². The summed E-state index contributed by atoms with van der Waals surface area (Å²) in [6.45, 7) is 5.31. The third-order valence-corrected chi connectivity index (χ3v) is 4.11. The first-order chi connectivity index (χ1) is 12.3. The quantitative estimate of drug-likeness (QED) is 0.337. The van der Waals surface area contributed by atoms with Crippen LogP contribution < -0.4 is 10.2 Å². The summed E-state index contributed by atoms with van der Waals surface area (Å²) in [5, 5.41) is 26.3. The number of rotatable bonds is 7. The molecule has 1 aromatic rings. The molecule has 1 atom stereocenters. The van der Waals surface area contributed by atoms with E-state index in [4.69, 9.17) is 4.74 Å². The average Bonchev–Trinajstić information content (AvgIpc) is 2.60. The summed E-state index contributed by atoms with van der Waals surface area (Å²) in [5.41, 5.74) is -1.18. The predicted molar refractivity (Wildman–Crippen MR) is 94.6 cm³/mol. The summed E-state index contributed by atoms with van der Waals surface area (Å²) in [4.78, 5) is 35.4. The van der Waals surface area contributed by atoms with Crippen LogP contribution in [0.2, 0.25) is 0 Å². The van der Waals surface area contributed by atoms with Crippen LogP contribution >= 0.6 is 0 Å². The van der Waals surface area contributed by atoms with E-state index >= 15 is 0 Å². The van der Waals surface area contributed by atoms with Gasteiger partial charge in [0.25, 0.3) is 0 Å². The van der Waals surface area contributed by atoms with Crippen molar-refractivity contribution in [1.29, 1.82) is 0 Å². The number of nitrogens with zero attached hydrogens (tertiary/aromatic N) is 3. The second-order valence-electron chi connectivity index (χ2n) is 6.17. The monoisotopic (exact) mass is 366 g/mol. The molecule has 10 nitrogen and oxygen atoms in total. The molecule has 142 valence electrons. The van der Waals surface area contributed by atoms with E-state index in [1.165, 1.54) is 0 Å². The van der Waals surface area contributed by atoms with Crippen molar-refractivity contribution in [2.24, 2.45) is 0 Å². The normalized spacial score (nSPS) is 17.0. The summed E-state index contributed by atoms with van der Waals surface area (Å²) in [6, 6.07) is 2.15. The van der Waals surface area contributed by atoms with Crippen LogP contribution in [0.15, 0.2) is 12.1 Å². The van der Waals surface area contributed by atoms with Gasteiger partial charge in [-0.1, -0.05) is 13.3 Å². The maximum Gasteiger partial charge on any atom is 0.338 e. The fourth-order valence-corrected chi connectivity index (χ4v) is 2.85. The van der Waals surface area contributed by atoms with E-state index in [0.29, 0.717) is 26.1 Å². The van der Waals surface area contributed by atoms with Crippen LogP contribution in [-0.2, 0) is 4.74 Å². The number of nitrogens with one attached hydrogen (secondary N) is 1. The molecule has 1 N–H and O–H groups in total. The number of anilines is 1. The fourth-order valence-electron chi connectivity index (χ4n) is 2.85. The van der Waals surface area contributed by atoms with Crippen molar-refractivity contribution in [3.63, 3.8) is 0 Å². The third-order valence-electron chi connectivity index (χ3n) is 4.11. The number of ether oxygens (including phenoxy) is 1. The molecule has 26 heavy (non-hydrogen) atoms. The van der Waals surface area contributed by atoms with Gasteiger partial charge in [-0.2, -0.15) is 0 Å². The predicted octanol–water partition coefficient (Wildman–Crippen LogP) is 2.26. The van der Waals surface area contributed by atoms with Crippen molar-refractivity contribution in [1.82, 2.24) is 5.32 Å². The van der Waals surface area contributed by atoms with Crippen LogP contribution in [0.4, 0.5) is 17.1 Å². The molecule has 1 saturated heterocycles. The van der Waals surface area contributed by atoms with Gasteiger partial charge in [-0.3, -0.25) is 20.2 Å². The number of carbonyl (C=O) groups is 1. The smallest absolute Gasteiger partial charge is 0.338 e. The molecule has 0 saturated carbocycles. The van der Waals surface area contributed by atoms with E-state index in [-0.39, 0.29) is 23.9 Å². The highest BCUT2D eigenvalue weighted by Gasteiger charge is 2.34. The molecule has 0 unspecified atom stereocenters. The van der Waals surface area contributed by atoms with Crippen LogP contribution in [-0.4, -0.2) is 48.1 Å². The van der Waals surface area contributed by atoms with Crippen LogP contribution in [0.25, 0.3) is 0 Å². The van der Waals surface area contributed by atoms with Crippen molar-refractivity contribution in [2.45, 2.75) is 32.7 Å². The van der Waals surface area contributed by atoms with Crippen molar-refractivity contribution >= 4 is 23.0 Å². The molecule has 1 fully saturated rings. The van der Waals surface area contributed by atoms with Crippen LogP contribution in [0, 0.1) is 20.2 Å². The Morgan fingerprint density at radius 3 is 2.42 bits per heavy atom. The Balaban J connectivity index is 2.48. The van der Waals surface area contributed by atoms with Gasteiger partial charge >= 0.3 is 17.3 Å². The zero-order chi connectivity index (χ0) is 19.3. The topological polar surface area (TPSA) is 128 Å². The molecule has 1 aromatic carbocycles. The number of nitro benzene ring substituents is 2. The fraction of sp³-hybridized carbons (Fsp3) is 0.562. The van der Waals surface area contributed by atoms with E-state index in [9.17, 15) is 25.0 Å². The minimum Gasteiger partial charge on any atom is -0.462 e. The van der Waals surface area contributed by atoms with Crippen LogP contribution in [0.5, 0.6) is 0 Å². The molecule has 0 aromatic heterocycles. The van der Waals surface area contributed by atoms with E-state index in [1.54, 1.807) is 4.90 Å². The largest absolute Gasteiger partial charge is 0.462 e. The maximum atomic E-state index is 12.1. The zero-order valence-electron chi connectivity index (χ0n) is 14.8. The van der Waals surface area contributed by atoms with Gasteiger partial charge in [-0.15, -0.1) is 0 Å². The molecule has 0 amide bonds. The number of hydrogen-bond donors (Lipinski definition) is 1. The van der Waals surface area contributed by atoms with Crippen LogP contribution in [0.3, 0.4) is 0 Å². The minimum atomic E-state index is -0.801. The number of benzene rings is 1. The summed E-state index contributed by atoms with van der Waals surface area (Å²) >= 11 is 0. The minimum absolute atomic E-state index is 0.0293. The molecule has 1 heterocycles. The lowest BCUT2D eigenvalue weighted by molar-refractivity contribution is -0.392. The highest BCUT2D eigenvalue weighted by atomic mass is 16.6. The number of unbranched alkanes of at least 4 members (excludes halogenated alkanes) is 1. The van der Waals surface area contributed by atoms with E-state index in [2.05, 4.69) is 5.32 Å². The van der Waals surface area contributed by atoms with Crippen molar-refractivity contribution in [3.05, 3.63) is 37.9 Å².